The Morgan fingerprint density at radius 3 is 2.36 bits per heavy atom. The van der Waals surface area contributed by atoms with Crippen molar-refractivity contribution in [1.29, 1.82) is 0 Å². The highest BCUT2D eigenvalue weighted by molar-refractivity contribution is 6.00. The second-order valence-corrected chi connectivity index (χ2v) is 17.3. The van der Waals surface area contributed by atoms with Gasteiger partial charge in [-0.2, -0.15) is 0 Å². The van der Waals surface area contributed by atoms with Gasteiger partial charge in [0.1, 0.15) is 23.5 Å². The van der Waals surface area contributed by atoms with Crippen LogP contribution >= 0.6 is 0 Å². The molecule has 15 heteroatoms. The molecule has 1 amide bonds. The number of ether oxygens (including phenoxy) is 5. The molecular weight excluding hydrogens is 745 g/mol. The number of cyclic esters (lactones) is 1. The Hall–Kier alpha value is -3.92. The van der Waals surface area contributed by atoms with Crippen LogP contribution in [0.2, 0.25) is 0 Å². The summed E-state index contributed by atoms with van der Waals surface area (Å²) in [5.74, 6) is -4.65. The average Bonchev–Trinajstić information content (AvgIpc) is 3.77. The topological polar surface area (TPSA) is 186 Å². The Morgan fingerprint density at radius 1 is 1.00 bits per heavy atom. The largest absolute Gasteiger partial charge is 0.458 e. The number of carbonyl (C=O) groups is 4. The summed E-state index contributed by atoms with van der Waals surface area (Å²) in [6.07, 6.45) is 1.14. The van der Waals surface area contributed by atoms with E-state index in [0.717, 1.165) is 12.0 Å². The SMILES string of the molecule is CC[C@H]1OC(=O)[C@H](C)C(=O)[C@H](C)[C@@H](O[C@@H]2O[C@H](C)C[C@H](NC)[C@H]2C)[C@@](C)(OC)C[C@@H](C)C(=O)[C@H](C)[C@H]2N(CCCCn3cc(-c4cccc(N)c4)nn3)C(=O)O[C@]12C. The van der Waals surface area contributed by atoms with Gasteiger partial charge in [0.05, 0.1) is 30.0 Å². The maximum atomic E-state index is 14.7. The van der Waals surface area contributed by atoms with Gasteiger partial charge in [0.2, 0.25) is 0 Å². The van der Waals surface area contributed by atoms with E-state index in [2.05, 4.69) is 15.6 Å². The molecule has 0 aliphatic carbocycles. The highest BCUT2D eigenvalue weighted by Crippen LogP contribution is 2.43. The lowest BCUT2D eigenvalue weighted by molar-refractivity contribution is -0.276. The predicted molar refractivity (Wildman–Crippen MR) is 217 cm³/mol. The molecule has 3 fully saturated rings. The minimum Gasteiger partial charge on any atom is -0.458 e. The van der Waals surface area contributed by atoms with Gasteiger partial charge in [-0.25, -0.2) is 4.79 Å². The molecule has 5 rings (SSSR count). The number of anilines is 1. The summed E-state index contributed by atoms with van der Waals surface area (Å²) in [6, 6.07) is 6.77. The van der Waals surface area contributed by atoms with E-state index in [-0.39, 0.29) is 43.2 Å². The number of fused-ring (bicyclic) bond motifs is 1. The predicted octanol–water partition coefficient (Wildman–Crippen LogP) is 5.44. The Balaban J connectivity index is 1.42. The first-order chi connectivity index (χ1) is 27.4. The molecule has 0 unspecified atom stereocenters. The molecule has 0 bridgehead atoms. The average molecular weight is 811 g/mol. The van der Waals surface area contributed by atoms with Gasteiger partial charge in [-0.3, -0.25) is 19.1 Å². The number of nitrogen functional groups attached to an aromatic ring is 1. The molecule has 3 aliphatic rings. The second kappa shape index (κ2) is 18.6. The Labute approximate surface area is 343 Å². The van der Waals surface area contributed by atoms with Crippen LogP contribution in [0.3, 0.4) is 0 Å². The molecule has 1 aromatic carbocycles. The molecule has 0 saturated carbocycles. The molecule has 0 radical (unpaired) electrons. The van der Waals surface area contributed by atoms with Crippen molar-refractivity contribution in [3.8, 4) is 11.3 Å². The van der Waals surface area contributed by atoms with E-state index in [0.29, 0.717) is 30.8 Å². The third-order valence-corrected chi connectivity index (χ3v) is 13.0. The number of rotatable bonds is 11. The summed E-state index contributed by atoms with van der Waals surface area (Å²) < 4.78 is 33.4. The van der Waals surface area contributed by atoms with Crippen LogP contribution in [-0.4, -0.2) is 112 Å². The van der Waals surface area contributed by atoms with Crippen LogP contribution in [0, 0.1) is 29.6 Å². The van der Waals surface area contributed by atoms with Crippen LogP contribution in [0.4, 0.5) is 10.5 Å². The van der Waals surface area contributed by atoms with Crippen LogP contribution in [0.25, 0.3) is 11.3 Å². The summed E-state index contributed by atoms with van der Waals surface area (Å²) in [6.45, 7) is 17.2. The van der Waals surface area contributed by atoms with Crippen LogP contribution < -0.4 is 11.1 Å². The number of esters is 1. The maximum absolute atomic E-state index is 14.7. The molecule has 58 heavy (non-hydrogen) atoms. The first-order valence-electron chi connectivity index (χ1n) is 21.0. The van der Waals surface area contributed by atoms with Crippen LogP contribution in [0.5, 0.6) is 0 Å². The number of carbonyl (C=O) groups excluding carboxylic acids is 4. The van der Waals surface area contributed by atoms with Crippen molar-refractivity contribution in [2.45, 2.75) is 149 Å². The lowest BCUT2D eigenvalue weighted by Gasteiger charge is -2.46. The zero-order valence-electron chi connectivity index (χ0n) is 36.2. The zero-order chi connectivity index (χ0) is 42.7. The van der Waals surface area contributed by atoms with Gasteiger partial charge < -0.3 is 39.6 Å². The fourth-order valence-electron chi connectivity index (χ4n) is 9.56. The van der Waals surface area contributed by atoms with Gasteiger partial charge in [0.15, 0.2) is 17.7 Å². The van der Waals surface area contributed by atoms with Crippen molar-refractivity contribution >= 4 is 29.3 Å². The normalized spacial score (nSPS) is 36.6. The van der Waals surface area contributed by atoms with Crippen molar-refractivity contribution in [2.24, 2.45) is 29.6 Å². The molecule has 13 atom stereocenters. The molecule has 1 aromatic heterocycles. The highest BCUT2D eigenvalue weighted by atomic mass is 16.7. The lowest BCUT2D eigenvalue weighted by Crippen LogP contribution is -2.59. The lowest BCUT2D eigenvalue weighted by atomic mass is 9.73. The second-order valence-electron chi connectivity index (χ2n) is 17.3. The summed E-state index contributed by atoms with van der Waals surface area (Å²) in [5, 5.41) is 11.9. The molecule has 0 spiro atoms. The third kappa shape index (κ3) is 9.27. The third-order valence-electron chi connectivity index (χ3n) is 13.0. The van der Waals surface area contributed by atoms with E-state index < -0.39 is 77.3 Å². The number of hydrogen-bond acceptors (Lipinski definition) is 13. The number of benzene rings is 1. The van der Waals surface area contributed by atoms with Gasteiger partial charge in [-0.05, 0) is 79.0 Å². The van der Waals surface area contributed by atoms with Crippen LogP contribution in [-0.2, 0) is 44.6 Å². The Morgan fingerprint density at radius 2 is 1.71 bits per heavy atom. The molecule has 322 valence electrons. The molecular formula is C43H66N6O9. The van der Waals surface area contributed by atoms with E-state index in [1.54, 1.807) is 30.5 Å². The number of unbranched alkanes of at least 4 members (excludes halogenated alkanes) is 1. The number of nitrogens with zero attached hydrogens (tertiary/aromatic N) is 4. The van der Waals surface area contributed by atoms with E-state index in [1.165, 1.54) is 6.92 Å². The van der Waals surface area contributed by atoms with Gasteiger partial charge in [0.25, 0.3) is 0 Å². The number of nitrogens with two attached hydrogens (primary N) is 1. The van der Waals surface area contributed by atoms with E-state index in [4.69, 9.17) is 29.4 Å². The van der Waals surface area contributed by atoms with Crippen LogP contribution in [0.15, 0.2) is 30.5 Å². The maximum Gasteiger partial charge on any atom is 0.410 e. The molecule has 3 aliphatic heterocycles. The number of nitrogens with one attached hydrogen (secondary N) is 1. The van der Waals surface area contributed by atoms with E-state index >= 15 is 0 Å². The summed E-state index contributed by atoms with van der Waals surface area (Å²) in [7, 11) is 3.45. The van der Waals surface area contributed by atoms with E-state index in [9.17, 15) is 19.2 Å². The quantitative estimate of drug-likeness (QED) is 0.127. The molecule has 2 aromatic rings. The smallest absolute Gasteiger partial charge is 0.410 e. The summed E-state index contributed by atoms with van der Waals surface area (Å²) in [5.41, 5.74) is 5.61. The molecule has 4 heterocycles. The fraction of sp³-hybridized carbons (Fsp3) is 0.721. The molecule has 3 saturated heterocycles. The standard InChI is InChI=1S/C43H66N6O9/c1-12-34-43(9)37(49(41(53)58-43)19-14-13-18-48-23-33(46-47-48)30-16-15-17-31(44)21-30)27(5)35(50)24(2)22-42(8,54-11)38(28(6)36(51)29(7)39(52)56-34)57-40-26(4)32(45-10)20-25(3)55-40/h15-17,21,23-29,32,34,37-38,40,45H,12-14,18-20,22,44H2,1-11H3/t24-,25-,26-,27+,28+,29-,32+,34-,37-,38-,40+,42+,43-/m1/s1. The van der Waals surface area contributed by atoms with Crippen molar-refractivity contribution in [3.63, 3.8) is 0 Å². The van der Waals surface area contributed by atoms with Crippen molar-refractivity contribution in [3.05, 3.63) is 30.5 Å². The Kier molecular flexibility index (Phi) is 14.5. The zero-order valence-corrected chi connectivity index (χ0v) is 36.2. The first-order valence-corrected chi connectivity index (χ1v) is 21.0. The number of aromatic nitrogens is 3. The van der Waals surface area contributed by atoms with E-state index in [1.807, 2.05) is 79.1 Å². The molecule has 15 nitrogen and oxygen atoms in total. The Bertz CT molecular complexity index is 1770. The van der Waals surface area contributed by atoms with Crippen molar-refractivity contribution < 1.29 is 42.9 Å². The van der Waals surface area contributed by atoms with Gasteiger partial charge in [-0.1, -0.05) is 52.0 Å². The summed E-state index contributed by atoms with van der Waals surface area (Å²) in [4.78, 5) is 58.5. The molecule has 3 N–H and O–H groups in total. The monoisotopic (exact) mass is 810 g/mol. The number of Topliss-reactive ketones (excluding diaryl/α,β-unsaturated/α-hetero) is 2. The number of ketones is 2. The number of amides is 1. The summed E-state index contributed by atoms with van der Waals surface area (Å²) >= 11 is 0. The first kappa shape index (κ1) is 45.2. The minimum absolute atomic E-state index is 0.0733. The van der Waals surface area contributed by atoms with Crippen molar-refractivity contribution in [2.75, 3.05) is 26.4 Å². The number of aryl methyl sites for hydroxylation is 1. The van der Waals surface area contributed by atoms with Crippen LogP contribution in [0.1, 0.15) is 94.4 Å². The van der Waals surface area contributed by atoms with Gasteiger partial charge >= 0.3 is 12.1 Å². The van der Waals surface area contributed by atoms with Gasteiger partial charge in [0, 0.05) is 61.2 Å². The number of methoxy groups -OCH3 is 1. The highest BCUT2D eigenvalue weighted by Gasteiger charge is 2.60. The fourth-order valence-corrected chi connectivity index (χ4v) is 9.56. The van der Waals surface area contributed by atoms with Crippen molar-refractivity contribution in [1.82, 2.24) is 25.2 Å². The van der Waals surface area contributed by atoms with Gasteiger partial charge in [-0.15, -0.1) is 5.10 Å². The minimum atomic E-state index is -1.39. The number of hydrogen-bond donors (Lipinski definition) is 2.